The maximum absolute atomic E-state index is 13.0. The van der Waals surface area contributed by atoms with Gasteiger partial charge in [-0.3, -0.25) is 14.4 Å². The zero-order chi connectivity index (χ0) is 23.7. The van der Waals surface area contributed by atoms with Crippen molar-refractivity contribution in [3.8, 4) is 11.5 Å². The number of carbonyl (C=O) groups excluding carboxylic acids is 2. The Morgan fingerprint density at radius 2 is 1.76 bits per heavy atom. The van der Waals surface area contributed by atoms with E-state index >= 15 is 0 Å². The molecule has 1 aromatic heterocycles. The summed E-state index contributed by atoms with van der Waals surface area (Å²) in [5, 5.41) is 2.79. The van der Waals surface area contributed by atoms with Crippen LogP contribution in [0.2, 0.25) is 0 Å². The average Bonchev–Trinajstić information content (AvgIpc) is 2.80. The quantitative estimate of drug-likeness (QED) is 0.613. The fourth-order valence-corrected chi connectivity index (χ4v) is 4.22. The molecule has 3 aromatic rings. The number of benzene rings is 2. The van der Waals surface area contributed by atoms with Crippen LogP contribution in [0.15, 0.2) is 47.3 Å². The van der Waals surface area contributed by atoms with Gasteiger partial charge in [-0.25, -0.2) is 0 Å². The molecule has 0 saturated carbocycles. The summed E-state index contributed by atoms with van der Waals surface area (Å²) in [7, 11) is 3.13. The number of hydrogen-bond acceptors (Lipinski definition) is 5. The molecule has 1 amide bonds. The number of aromatic amines is 1. The summed E-state index contributed by atoms with van der Waals surface area (Å²) in [4.78, 5) is 41.3. The van der Waals surface area contributed by atoms with Crippen molar-refractivity contribution >= 4 is 17.4 Å². The van der Waals surface area contributed by atoms with Gasteiger partial charge in [0.05, 0.1) is 14.2 Å². The second-order valence-electron chi connectivity index (χ2n) is 8.25. The van der Waals surface area contributed by atoms with E-state index in [0.717, 1.165) is 16.7 Å². The first-order chi connectivity index (χ1) is 15.8. The number of ketones is 1. The van der Waals surface area contributed by atoms with Crippen LogP contribution in [-0.4, -0.2) is 30.9 Å². The van der Waals surface area contributed by atoms with Gasteiger partial charge in [0.15, 0.2) is 17.3 Å². The monoisotopic (exact) mass is 446 g/mol. The summed E-state index contributed by atoms with van der Waals surface area (Å²) < 4.78 is 10.7. The molecular formula is C26H26N2O5. The SMILES string of the molecule is COc1ccc([C@@H]2CC(=O)c3cc(C(=O)Nc4cccc(C)c4C)c(=O)[nH]c3C2)cc1OC. The predicted molar refractivity (Wildman–Crippen MR) is 126 cm³/mol. The Hall–Kier alpha value is -3.87. The smallest absolute Gasteiger partial charge is 0.261 e. The predicted octanol–water partition coefficient (Wildman–Crippen LogP) is 4.17. The third-order valence-electron chi connectivity index (χ3n) is 6.28. The van der Waals surface area contributed by atoms with E-state index in [9.17, 15) is 14.4 Å². The zero-order valence-corrected chi connectivity index (χ0v) is 19.1. The van der Waals surface area contributed by atoms with Gasteiger partial charge < -0.3 is 19.8 Å². The summed E-state index contributed by atoms with van der Waals surface area (Å²) >= 11 is 0. The lowest BCUT2D eigenvalue weighted by Gasteiger charge is -2.24. The Balaban J connectivity index is 1.62. The Morgan fingerprint density at radius 1 is 1.00 bits per heavy atom. The topological polar surface area (TPSA) is 97.5 Å². The molecule has 4 rings (SSSR count). The molecule has 0 radical (unpaired) electrons. The second-order valence-corrected chi connectivity index (χ2v) is 8.25. The van der Waals surface area contributed by atoms with Gasteiger partial charge in [-0.15, -0.1) is 0 Å². The Bertz CT molecular complexity index is 1310. The van der Waals surface area contributed by atoms with Crippen LogP contribution in [0.25, 0.3) is 0 Å². The van der Waals surface area contributed by atoms with E-state index in [1.807, 2.05) is 38.1 Å². The summed E-state index contributed by atoms with van der Waals surface area (Å²) in [6, 6.07) is 12.5. The van der Waals surface area contributed by atoms with Crippen molar-refractivity contribution in [2.75, 3.05) is 19.5 Å². The molecule has 1 heterocycles. The standard InChI is InChI=1S/C26H26N2O5/c1-14-6-5-7-20(15(14)2)27-25(30)19-13-18-21(28-26(19)31)10-17(11-22(18)29)16-8-9-23(32-3)24(12-16)33-4/h5-9,12-13,17H,10-11H2,1-4H3,(H,27,30)(H,28,31)/t17-/m0/s1. The first-order valence-electron chi connectivity index (χ1n) is 10.7. The van der Waals surface area contributed by atoms with Crippen molar-refractivity contribution in [2.45, 2.75) is 32.6 Å². The molecule has 0 bridgehead atoms. The molecule has 2 aromatic carbocycles. The number of ether oxygens (including phenoxy) is 2. The van der Waals surface area contributed by atoms with Crippen molar-refractivity contribution in [2.24, 2.45) is 0 Å². The number of H-pyrrole nitrogens is 1. The highest BCUT2D eigenvalue weighted by Crippen LogP contribution is 2.36. The van der Waals surface area contributed by atoms with E-state index in [2.05, 4.69) is 10.3 Å². The maximum Gasteiger partial charge on any atom is 0.261 e. The molecule has 7 nitrogen and oxygen atoms in total. The van der Waals surface area contributed by atoms with Gasteiger partial charge in [0.1, 0.15) is 5.56 Å². The number of anilines is 1. The first-order valence-corrected chi connectivity index (χ1v) is 10.7. The number of hydrogen-bond donors (Lipinski definition) is 2. The number of methoxy groups -OCH3 is 2. The third-order valence-corrected chi connectivity index (χ3v) is 6.28. The van der Waals surface area contributed by atoms with Gasteiger partial charge in [0.2, 0.25) is 0 Å². The fraction of sp³-hybridized carbons (Fsp3) is 0.269. The van der Waals surface area contributed by atoms with Crippen LogP contribution in [-0.2, 0) is 6.42 Å². The maximum atomic E-state index is 13.0. The van der Waals surface area contributed by atoms with Crippen LogP contribution >= 0.6 is 0 Å². The molecule has 2 N–H and O–H groups in total. The number of rotatable bonds is 5. The number of pyridine rings is 1. The number of aromatic nitrogens is 1. The molecule has 0 aliphatic heterocycles. The number of fused-ring (bicyclic) bond motifs is 1. The van der Waals surface area contributed by atoms with Gasteiger partial charge in [0.25, 0.3) is 11.5 Å². The van der Waals surface area contributed by atoms with Crippen LogP contribution in [0.3, 0.4) is 0 Å². The van der Waals surface area contributed by atoms with E-state index in [-0.39, 0.29) is 23.7 Å². The molecule has 170 valence electrons. The molecule has 0 spiro atoms. The van der Waals surface area contributed by atoms with E-state index in [1.54, 1.807) is 26.4 Å². The number of Topliss-reactive ketones (excluding diaryl/α,β-unsaturated/α-hetero) is 1. The number of aryl methyl sites for hydroxylation is 1. The van der Waals surface area contributed by atoms with Crippen LogP contribution in [0, 0.1) is 13.8 Å². The van der Waals surface area contributed by atoms with E-state index in [0.29, 0.717) is 34.9 Å². The molecule has 1 aliphatic carbocycles. The summed E-state index contributed by atoms with van der Waals surface area (Å²) in [6.07, 6.45) is 0.747. The highest BCUT2D eigenvalue weighted by molar-refractivity contribution is 6.07. The summed E-state index contributed by atoms with van der Waals surface area (Å²) in [5.74, 6) is 0.419. The lowest BCUT2D eigenvalue weighted by Crippen LogP contribution is -2.29. The van der Waals surface area contributed by atoms with Gasteiger partial charge >= 0.3 is 0 Å². The fourth-order valence-electron chi connectivity index (χ4n) is 4.22. The highest BCUT2D eigenvalue weighted by Gasteiger charge is 2.29. The normalized spacial score (nSPS) is 15.0. The van der Waals surface area contributed by atoms with E-state index in [1.165, 1.54) is 6.07 Å². The lowest BCUT2D eigenvalue weighted by molar-refractivity contribution is 0.0963. The van der Waals surface area contributed by atoms with Gasteiger partial charge in [0, 0.05) is 23.4 Å². The van der Waals surface area contributed by atoms with Gasteiger partial charge in [-0.1, -0.05) is 18.2 Å². The molecule has 7 heteroatoms. The number of amides is 1. The Morgan fingerprint density at radius 3 is 2.48 bits per heavy atom. The van der Waals surface area contributed by atoms with Crippen LogP contribution in [0.5, 0.6) is 11.5 Å². The molecule has 1 atom stereocenters. The highest BCUT2D eigenvalue weighted by atomic mass is 16.5. The molecule has 1 aliphatic rings. The van der Waals surface area contributed by atoms with Gasteiger partial charge in [-0.05, 0) is 67.1 Å². The van der Waals surface area contributed by atoms with Gasteiger partial charge in [-0.2, -0.15) is 0 Å². The Kier molecular flexibility index (Phi) is 6.05. The molecular weight excluding hydrogens is 420 g/mol. The van der Waals surface area contributed by atoms with Crippen molar-refractivity contribution in [1.82, 2.24) is 4.98 Å². The third kappa shape index (κ3) is 4.26. The van der Waals surface area contributed by atoms with Crippen LogP contribution in [0.4, 0.5) is 5.69 Å². The van der Waals surface area contributed by atoms with Crippen LogP contribution < -0.4 is 20.3 Å². The summed E-state index contributed by atoms with van der Waals surface area (Å²) in [5.41, 5.74) is 3.85. The second kappa shape index (κ2) is 8.94. The minimum Gasteiger partial charge on any atom is -0.493 e. The zero-order valence-electron chi connectivity index (χ0n) is 19.1. The minimum absolute atomic E-state index is 0.0763. The number of nitrogens with one attached hydrogen (secondary N) is 2. The minimum atomic E-state index is -0.539. The lowest BCUT2D eigenvalue weighted by atomic mass is 9.81. The van der Waals surface area contributed by atoms with Crippen LogP contribution in [0.1, 0.15) is 55.4 Å². The Labute approximate surface area is 191 Å². The molecule has 0 saturated heterocycles. The van der Waals surface area contributed by atoms with Crippen molar-refractivity contribution in [1.29, 1.82) is 0 Å². The molecule has 33 heavy (non-hydrogen) atoms. The van der Waals surface area contributed by atoms with E-state index in [4.69, 9.17) is 9.47 Å². The average molecular weight is 447 g/mol. The number of carbonyl (C=O) groups is 2. The van der Waals surface area contributed by atoms with Crippen molar-refractivity contribution in [3.63, 3.8) is 0 Å². The van der Waals surface area contributed by atoms with Crippen molar-refractivity contribution < 1.29 is 19.1 Å². The summed E-state index contributed by atoms with van der Waals surface area (Å²) in [6.45, 7) is 3.85. The first kappa shape index (κ1) is 22.3. The van der Waals surface area contributed by atoms with Crippen molar-refractivity contribution in [3.05, 3.63) is 86.3 Å². The molecule has 0 unspecified atom stereocenters. The van der Waals surface area contributed by atoms with E-state index < -0.39 is 11.5 Å². The largest absolute Gasteiger partial charge is 0.493 e. The molecule has 0 fully saturated rings.